The first kappa shape index (κ1) is 11.3. The van der Waals surface area contributed by atoms with Gasteiger partial charge in [0, 0.05) is 24.8 Å². The van der Waals surface area contributed by atoms with E-state index in [-0.39, 0.29) is 0 Å². The van der Waals surface area contributed by atoms with Gasteiger partial charge in [-0.2, -0.15) is 0 Å². The van der Waals surface area contributed by atoms with Gasteiger partial charge >= 0.3 is 0 Å². The van der Waals surface area contributed by atoms with Crippen LogP contribution in [-0.4, -0.2) is 18.1 Å². The number of rotatable bonds is 2. The molecule has 1 aliphatic heterocycles. The van der Waals surface area contributed by atoms with Gasteiger partial charge in [0.2, 0.25) is 0 Å². The molecule has 0 aliphatic carbocycles. The molecule has 0 unspecified atom stereocenters. The number of hydrogen-bond acceptors (Lipinski definition) is 2. The Morgan fingerprint density at radius 2 is 1.83 bits per heavy atom. The van der Waals surface area contributed by atoms with Crippen LogP contribution in [0.1, 0.15) is 18.4 Å². The summed E-state index contributed by atoms with van der Waals surface area (Å²) in [5, 5.41) is 0. The van der Waals surface area contributed by atoms with E-state index in [0.717, 1.165) is 18.9 Å². The molecule has 2 nitrogen and oxygen atoms in total. The van der Waals surface area contributed by atoms with Gasteiger partial charge in [-0.05, 0) is 37.5 Å². The van der Waals surface area contributed by atoms with Gasteiger partial charge in [-0.15, -0.1) is 0 Å². The Bertz CT molecular complexity index is 525. The topological polar surface area (TPSA) is 16.1 Å². The van der Waals surface area contributed by atoms with Crippen LogP contribution in [0.15, 0.2) is 42.6 Å². The third-order valence-corrected chi connectivity index (χ3v) is 3.53. The molecule has 1 fully saturated rings. The lowest BCUT2D eigenvalue weighted by Crippen LogP contribution is -2.18. The van der Waals surface area contributed by atoms with Gasteiger partial charge in [-0.3, -0.25) is 0 Å². The van der Waals surface area contributed by atoms with Crippen LogP contribution in [0.5, 0.6) is 0 Å². The van der Waals surface area contributed by atoms with Crippen molar-refractivity contribution in [2.45, 2.75) is 19.8 Å². The van der Waals surface area contributed by atoms with Crippen LogP contribution >= 0.6 is 0 Å². The molecular weight excluding hydrogens is 220 g/mol. The van der Waals surface area contributed by atoms with Crippen LogP contribution in [0.25, 0.3) is 11.1 Å². The SMILES string of the molecule is Cc1cccc(-c2ccc(N3CCCC3)nc2)c1. The molecule has 0 amide bonds. The van der Waals surface area contributed by atoms with Gasteiger partial charge in [-0.1, -0.05) is 29.8 Å². The van der Waals surface area contributed by atoms with Crippen molar-refractivity contribution in [3.63, 3.8) is 0 Å². The second-order valence-electron chi connectivity index (χ2n) is 4.97. The summed E-state index contributed by atoms with van der Waals surface area (Å²) in [6.45, 7) is 4.42. The van der Waals surface area contributed by atoms with Crippen molar-refractivity contribution in [3.05, 3.63) is 48.2 Å². The first-order chi connectivity index (χ1) is 8.83. The Morgan fingerprint density at radius 1 is 1.00 bits per heavy atom. The van der Waals surface area contributed by atoms with Crippen molar-refractivity contribution in [3.8, 4) is 11.1 Å². The smallest absolute Gasteiger partial charge is 0.128 e. The molecule has 2 heteroatoms. The molecule has 92 valence electrons. The molecule has 0 bridgehead atoms. The van der Waals surface area contributed by atoms with E-state index in [1.165, 1.54) is 29.5 Å². The Balaban J connectivity index is 1.86. The first-order valence-electron chi connectivity index (χ1n) is 6.61. The monoisotopic (exact) mass is 238 g/mol. The molecule has 2 aromatic rings. The maximum Gasteiger partial charge on any atom is 0.128 e. The molecule has 1 aliphatic rings. The number of benzene rings is 1. The van der Waals surface area contributed by atoms with Gasteiger partial charge in [0.25, 0.3) is 0 Å². The Labute approximate surface area is 108 Å². The second kappa shape index (κ2) is 4.81. The van der Waals surface area contributed by atoms with Gasteiger partial charge in [-0.25, -0.2) is 4.98 Å². The summed E-state index contributed by atoms with van der Waals surface area (Å²) in [5.74, 6) is 1.11. The minimum Gasteiger partial charge on any atom is -0.357 e. The van der Waals surface area contributed by atoms with Gasteiger partial charge in [0.1, 0.15) is 5.82 Å². The molecule has 3 rings (SSSR count). The summed E-state index contributed by atoms with van der Waals surface area (Å²) in [5.41, 5.74) is 3.73. The van der Waals surface area contributed by atoms with Crippen LogP contribution in [0.3, 0.4) is 0 Å². The molecule has 0 spiro atoms. The number of hydrogen-bond donors (Lipinski definition) is 0. The predicted octanol–water partition coefficient (Wildman–Crippen LogP) is 3.66. The lowest BCUT2D eigenvalue weighted by Gasteiger charge is -2.16. The summed E-state index contributed by atoms with van der Waals surface area (Å²) in [6, 6.07) is 12.9. The Morgan fingerprint density at radius 3 is 2.50 bits per heavy atom. The molecule has 1 saturated heterocycles. The fourth-order valence-electron chi connectivity index (χ4n) is 2.51. The van der Waals surface area contributed by atoms with Crippen LogP contribution < -0.4 is 4.90 Å². The highest BCUT2D eigenvalue weighted by Crippen LogP contribution is 2.23. The molecule has 2 heterocycles. The quantitative estimate of drug-likeness (QED) is 0.793. The third kappa shape index (κ3) is 2.23. The minimum atomic E-state index is 1.11. The van der Waals surface area contributed by atoms with Crippen molar-refractivity contribution < 1.29 is 0 Å². The van der Waals surface area contributed by atoms with Crippen molar-refractivity contribution in [1.82, 2.24) is 4.98 Å². The molecule has 0 saturated carbocycles. The van der Waals surface area contributed by atoms with E-state index < -0.39 is 0 Å². The average molecular weight is 238 g/mol. The number of pyridine rings is 1. The van der Waals surface area contributed by atoms with Crippen LogP contribution in [0.4, 0.5) is 5.82 Å². The van der Waals surface area contributed by atoms with Crippen molar-refractivity contribution in [2.24, 2.45) is 0 Å². The van der Waals surface area contributed by atoms with E-state index in [2.05, 4.69) is 53.2 Å². The molecular formula is C16H18N2. The van der Waals surface area contributed by atoms with Crippen LogP contribution in [0.2, 0.25) is 0 Å². The Kier molecular flexibility index (Phi) is 3.01. The van der Waals surface area contributed by atoms with Gasteiger partial charge in [0.05, 0.1) is 0 Å². The minimum absolute atomic E-state index is 1.11. The summed E-state index contributed by atoms with van der Waals surface area (Å²) >= 11 is 0. The number of aryl methyl sites for hydroxylation is 1. The third-order valence-electron chi connectivity index (χ3n) is 3.53. The van der Waals surface area contributed by atoms with E-state index in [0.29, 0.717) is 0 Å². The van der Waals surface area contributed by atoms with E-state index in [1.54, 1.807) is 0 Å². The van der Waals surface area contributed by atoms with Crippen molar-refractivity contribution >= 4 is 5.82 Å². The first-order valence-corrected chi connectivity index (χ1v) is 6.61. The van der Waals surface area contributed by atoms with Crippen molar-refractivity contribution in [2.75, 3.05) is 18.0 Å². The number of aromatic nitrogens is 1. The second-order valence-corrected chi connectivity index (χ2v) is 4.97. The van der Waals surface area contributed by atoms with Crippen molar-refractivity contribution in [1.29, 1.82) is 0 Å². The zero-order chi connectivity index (χ0) is 12.4. The summed E-state index contributed by atoms with van der Waals surface area (Å²) in [4.78, 5) is 6.95. The standard InChI is InChI=1S/C16H18N2/c1-13-5-4-6-14(11-13)15-7-8-16(17-12-15)18-9-2-3-10-18/h4-8,11-12H,2-3,9-10H2,1H3. The van der Waals surface area contributed by atoms with E-state index in [1.807, 2.05) is 6.20 Å². The van der Waals surface area contributed by atoms with E-state index in [9.17, 15) is 0 Å². The van der Waals surface area contributed by atoms with Crippen LogP contribution in [-0.2, 0) is 0 Å². The molecule has 0 atom stereocenters. The highest BCUT2D eigenvalue weighted by molar-refractivity contribution is 5.64. The maximum atomic E-state index is 4.59. The lowest BCUT2D eigenvalue weighted by molar-refractivity contribution is 0.938. The molecule has 1 aromatic heterocycles. The summed E-state index contributed by atoms with van der Waals surface area (Å²) in [6.07, 6.45) is 4.57. The molecule has 0 N–H and O–H groups in total. The lowest BCUT2D eigenvalue weighted by atomic mass is 10.1. The van der Waals surface area contributed by atoms with Gasteiger partial charge < -0.3 is 4.90 Å². The summed E-state index contributed by atoms with van der Waals surface area (Å²) < 4.78 is 0. The fourth-order valence-corrected chi connectivity index (χ4v) is 2.51. The number of anilines is 1. The molecule has 1 aromatic carbocycles. The highest BCUT2D eigenvalue weighted by Gasteiger charge is 2.13. The van der Waals surface area contributed by atoms with E-state index in [4.69, 9.17) is 0 Å². The fraction of sp³-hybridized carbons (Fsp3) is 0.312. The average Bonchev–Trinajstić information content (AvgIpc) is 2.93. The Hall–Kier alpha value is -1.83. The predicted molar refractivity (Wildman–Crippen MR) is 75.9 cm³/mol. The largest absolute Gasteiger partial charge is 0.357 e. The maximum absolute atomic E-state index is 4.59. The summed E-state index contributed by atoms with van der Waals surface area (Å²) in [7, 11) is 0. The normalized spacial score (nSPS) is 15.1. The number of nitrogens with zero attached hydrogens (tertiary/aromatic N) is 2. The zero-order valence-electron chi connectivity index (χ0n) is 10.8. The van der Waals surface area contributed by atoms with Gasteiger partial charge in [0.15, 0.2) is 0 Å². The zero-order valence-corrected chi connectivity index (χ0v) is 10.8. The highest BCUT2D eigenvalue weighted by atomic mass is 15.2. The molecule has 18 heavy (non-hydrogen) atoms. The van der Waals surface area contributed by atoms with Crippen LogP contribution in [0, 0.1) is 6.92 Å². The van der Waals surface area contributed by atoms with E-state index >= 15 is 0 Å². The molecule has 0 radical (unpaired) electrons.